The van der Waals surface area contributed by atoms with Crippen molar-refractivity contribution in [1.82, 2.24) is 0 Å². The molecule has 74 valence electrons. The van der Waals surface area contributed by atoms with Crippen molar-refractivity contribution in [3.63, 3.8) is 0 Å². The molecule has 1 aliphatic rings. The van der Waals surface area contributed by atoms with Crippen molar-refractivity contribution >= 4 is 6.08 Å². The van der Waals surface area contributed by atoms with Crippen molar-refractivity contribution in [2.45, 2.75) is 12.2 Å². The predicted octanol–water partition coefficient (Wildman–Crippen LogP) is 2.72. The van der Waals surface area contributed by atoms with Crippen LogP contribution in [0.3, 0.4) is 0 Å². The number of methoxy groups -OCH3 is 2. The van der Waals surface area contributed by atoms with E-state index in [1.165, 1.54) is 11.1 Å². The van der Waals surface area contributed by atoms with E-state index in [-0.39, 0.29) is 12.2 Å². The van der Waals surface area contributed by atoms with E-state index in [1.54, 1.807) is 14.2 Å². The Morgan fingerprint density at radius 3 is 2.36 bits per heavy atom. The Hall–Kier alpha value is -1.12. The van der Waals surface area contributed by atoms with E-state index in [1.807, 2.05) is 12.1 Å². The lowest BCUT2D eigenvalue weighted by Gasteiger charge is -2.37. The highest BCUT2D eigenvalue weighted by Gasteiger charge is 2.37. The summed E-state index contributed by atoms with van der Waals surface area (Å²) in [6.45, 7) is 3.74. The van der Waals surface area contributed by atoms with Crippen LogP contribution in [0.5, 0.6) is 0 Å². The first-order chi connectivity index (χ1) is 6.81. The summed E-state index contributed by atoms with van der Waals surface area (Å²) in [4.78, 5) is 0. The van der Waals surface area contributed by atoms with Crippen molar-refractivity contribution in [3.05, 3.63) is 41.5 Å². The lowest BCUT2D eigenvalue weighted by molar-refractivity contribution is -0.0652. The molecule has 2 heteroatoms. The van der Waals surface area contributed by atoms with E-state index in [2.05, 4.69) is 18.7 Å². The smallest absolute Gasteiger partial charge is 0.113 e. The van der Waals surface area contributed by atoms with Crippen LogP contribution in [0.25, 0.3) is 6.08 Å². The maximum Gasteiger partial charge on any atom is 0.113 e. The maximum absolute atomic E-state index is 5.36. The Morgan fingerprint density at radius 2 is 1.79 bits per heavy atom. The van der Waals surface area contributed by atoms with Crippen molar-refractivity contribution in [2.75, 3.05) is 14.2 Å². The summed E-state index contributed by atoms with van der Waals surface area (Å²) < 4.78 is 10.7. The molecule has 0 amide bonds. The average molecular weight is 190 g/mol. The summed E-state index contributed by atoms with van der Waals surface area (Å²) in [5.74, 6) is 0. The number of fused-ring (bicyclic) bond motifs is 1. The predicted molar refractivity (Wildman–Crippen MR) is 56.0 cm³/mol. The summed E-state index contributed by atoms with van der Waals surface area (Å²) in [5, 5.41) is 0. The van der Waals surface area contributed by atoms with Crippen molar-refractivity contribution in [3.8, 4) is 0 Å². The molecular formula is C12H14O2. The minimum atomic E-state index is 0.0786. The monoisotopic (exact) mass is 190 g/mol. The van der Waals surface area contributed by atoms with Gasteiger partial charge >= 0.3 is 0 Å². The number of benzene rings is 1. The molecule has 2 rings (SSSR count). The molecule has 2 nitrogen and oxygen atoms in total. The standard InChI is InChI=1S/C12H14O2/c1-4-8-5-6-9-10(7-8)12(14-3)11(9)13-2/h4-7,11-12H,1H2,2-3H3. The van der Waals surface area contributed by atoms with Gasteiger partial charge in [0.25, 0.3) is 0 Å². The largest absolute Gasteiger partial charge is 0.374 e. The molecular weight excluding hydrogens is 176 g/mol. The molecule has 0 N–H and O–H groups in total. The molecule has 0 bridgehead atoms. The fourth-order valence-corrected chi connectivity index (χ4v) is 1.96. The number of hydrogen-bond acceptors (Lipinski definition) is 2. The van der Waals surface area contributed by atoms with Crippen LogP contribution in [-0.2, 0) is 9.47 Å². The van der Waals surface area contributed by atoms with Crippen LogP contribution >= 0.6 is 0 Å². The SMILES string of the molecule is C=Cc1ccc2c(c1)C(OC)C2OC. The molecule has 0 saturated carbocycles. The summed E-state index contributed by atoms with van der Waals surface area (Å²) in [5.41, 5.74) is 3.57. The van der Waals surface area contributed by atoms with E-state index in [0.29, 0.717) is 0 Å². The molecule has 14 heavy (non-hydrogen) atoms. The van der Waals surface area contributed by atoms with Gasteiger partial charge in [0.05, 0.1) is 0 Å². The van der Waals surface area contributed by atoms with Gasteiger partial charge in [-0.15, -0.1) is 0 Å². The van der Waals surface area contributed by atoms with E-state index in [9.17, 15) is 0 Å². The molecule has 1 aromatic carbocycles. The van der Waals surface area contributed by atoms with Gasteiger partial charge in [0.1, 0.15) is 12.2 Å². The van der Waals surface area contributed by atoms with Gasteiger partial charge < -0.3 is 9.47 Å². The second-order valence-corrected chi connectivity index (χ2v) is 3.41. The zero-order valence-electron chi connectivity index (χ0n) is 8.49. The Bertz CT molecular complexity index is 357. The second kappa shape index (κ2) is 3.56. The number of rotatable bonds is 3. The Kier molecular flexibility index (Phi) is 2.40. The van der Waals surface area contributed by atoms with E-state index in [0.717, 1.165) is 5.56 Å². The molecule has 1 aliphatic carbocycles. The summed E-state index contributed by atoms with van der Waals surface area (Å²) in [6, 6.07) is 6.23. The molecule has 2 atom stereocenters. The molecule has 0 fully saturated rings. The molecule has 2 unspecified atom stereocenters. The first kappa shape index (κ1) is 9.44. The van der Waals surface area contributed by atoms with Gasteiger partial charge in [0.15, 0.2) is 0 Å². The number of ether oxygens (including phenoxy) is 2. The summed E-state index contributed by atoms with van der Waals surface area (Å²) in [7, 11) is 3.42. The Morgan fingerprint density at radius 1 is 1.14 bits per heavy atom. The van der Waals surface area contributed by atoms with Crippen molar-refractivity contribution < 1.29 is 9.47 Å². The van der Waals surface area contributed by atoms with E-state index < -0.39 is 0 Å². The normalized spacial score (nSPS) is 23.9. The van der Waals surface area contributed by atoms with E-state index >= 15 is 0 Å². The fourth-order valence-electron chi connectivity index (χ4n) is 1.96. The molecule has 0 aromatic heterocycles. The third kappa shape index (κ3) is 1.19. The second-order valence-electron chi connectivity index (χ2n) is 3.41. The van der Waals surface area contributed by atoms with Crippen LogP contribution in [-0.4, -0.2) is 14.2 Å². The fraction of sp³-hybridized carbons (Fsp3) is 0.333. The lowest BCUT2D eigenvalue weighted by Crippen LogP contribution is -2.27. The quantitative estimate of drug-likeness (QED) is 0.729. The summed E-state index contributed by atoms with van der Waals surface area (Å²) >= 11 is 0. The van der Waals surface area contributed by atoms with Crippen LogP contribution < -0.4 is 0 Å². The van der Waals surface area contributed by atoms with Crippen LogP contribution in [0.1, 0.15) is 28.9 Å². The highest BCUT2D eigenvalue weighted by molar-refractivity contribution is 5.54. The topological polar surface area (TPSA) is 18.5 Å². The van der Waals surface area contributed by atoms with Gasteiger partial charge in [-0.05, 0) is 22.8 Å². The van der Waals surface area contributed by atoms with Crippen LogP contribution in [0.2, 0.25) is 0 Å². The first-order valence-electron chi connectivity index (χ1n) is 4.63. The van der Waals surface area contributed by atoms with Crippen molar-refractivity contribution in [2.24, 2.45) is 0 Å². The van der Waals surface area contributed by atoms with Gasteiger partial charge in [0, 0.05) is 14.2 Å². The van der Waals surface area contributed by atoms with E-state index in [4.69, 9.17) is 9.47 Å². The van der Waals surface area contributed by atoms with Gasteiger partial charge in [-0.2, -0.15) is 0 Å². The maximum atomic E-state index is 5.36. The Balaban J connectivity index is 2.38. The number of hydrogen-bond donors (Lipinski definition) is 0. The Labute approximate surface area is 84.2 Å². The molecule has 0 aliphatic heterocycles. The zero-order chi connectivity index (χ0) is 10.1. The minimum absolute atomic E-state index is 0.0786. The molecule has 0 spiro atoms. The minimum Gasteiger partial charge on any atom is -0.374 e. The third-order valence-electron chi connectivity index (χ3n) is 2.74. The van der Waals surface area contributed by atoms with Crippen molar-refractivity contribution in [1.29, 1.82) is 0 Å². The van der Waals surface area contributed by atoms with Gasteiger partial charge in [-0.1, -0.05) is 24.8 Å². The molecule has 0 heterocycles. The van der Waals surface area contributed by atoms with Gasteiger partial charge in [-0.3, -0.25) is 0 Å². The van der Waals surface area contributed by atoms with Gasteiger partial charge in [0.2, 0.25) is 0 Å². The lowest BCUT2D eigenvalue weighted by atomic mass is 9.81. The molecule has 0 saturated heterocycles. The van der Waals surface area contributed by atoms with Crippen LogP contribution in [0.4, 0.5) is 0 Å². The molecule has 0 radical (unpaired) electrons. The van der Waals surface area contributed by atoms with Gasteiger partial charge in [-0.25, -0.2) is 0 Å². The van der Waals surface area contributed by atoms with Crippen LogP contribution in [0.15, 0.2) is 24.8 Å². The molecule has 1 aromatic rings. The average Bonchev–Trinajstić information content (AvgIpc) is 2.21. The third-order valence-corrected chi connectivity index (χ3v) is 2.74. The first-order valence-corrected chi connectivity index (χ1v) is 4.63. The zero-order valence-corrected chi connectivity index (χ0v) is 8.49. The highest BCUT2D eigenvalue weighted by atomic mass is 16.5. The highest BCUT2D eigenvalue weighted by Crippen LogP contribution is 2.47. The summed E-state index contributed by atoms with van der Waals surface area (Å²) in [6.07, 6.45) is 2.01. The van der Waals surface area contributed by atoms with Crippen LogP contribution in [0, 0.1) is 0 Å².